The lowest BCUT2D eigenvalue weighted by molar-refractivity contribution is -0.154. The van der Waals surface area contributed by atoms with E-state index in [-0.39, 0.29) is 56.8 Å². The summed E-state index contributed by atoms with van der Waals surface area (Å²) in [6.45, 7) is 6.51. The van der Waals surface area contributed by atoms with Gasteiger partial charge in [0.25, 0.3) is 5.91 Å². The maximum Gasteiger partial charge on any atom is 0.304 e. The quantitative estimate of drug-likeness (QED) is 0.119. The van der Waals surface area contributed by atoms with Gasteiger partial charge in [-0.1, -0.05) is 49.4 Å². The Bertz CT molecular complexity index is 1820. The Morgan fingerprint density at radius 2 is 1.78 bits per heavy atom. The lowest BCUT2D eigenvalue weighted by atomic mass is 9.82. The van der Waals surface area contributed by atoms with Crippen LogP contribution in [0.5, 0.6) is 5.75 Å². The summed E-state index contributed by atoms with van der Waals surface area (Å²) in [7, 11) is -2.04. The SMILES string of the molecule is COc1ccc2c(c1)[C@@]1(O[C@H](CC(=O)N(CCO)Cc3ccccc3)[C@@H]([Si](C)(C)F)[C@@H]1C)C(=O)N2Cc1cccc(N2C(=O)CC2OC(C)=O)c1. The number of hydrogen-bond acceptors (Lipinski definition) is 8. The first-order valence-corrected chi connectivity index (χ1v) is 20.1. The third-order valence-corrected chi connectivity index (χ3v) is 12.7. The average molecular weight is 718 g/mol. The maximum atomic E-state index is 16.5. The zero-order valence-corrected chi connectivity index (χ0v) is 30.5. The molecule has 0 radical (unpaired) electrons. The summed E-state index contributed by atoms with van der Waals surface area (Å²) in [5, 5.41) is 9.80. The van der Waals surface area contributed by atoms with Crippen LogP contribution in [0.2, 0.25) is 18.6 Å². The second-order valence-corrected chi connectivity index (χ2v) is 17.8. The van der Waals surface area contributed by atoms with Crippen molar-refractivity contribution in [3.63, 3.8) is 0 Å². The van der Waals surface area contributed by atoms with Crippen molar-refractivity contribution in [3.8, 4) is 5.75 Å². The largest absolute Gasteiger partial charge is 0.497 e. The molecule has 270 valence electrons. The van der Waals surface area contributed by atoms with Crippen molar-refractivity contribution in [1.82, 2.24) is 4.90 Å². The molecular weight excluding hydrogens is 674 g/mol. The first kappa shape index (κ1) is 36.2. The minimum absolute atomic E-state index is 0.0878. The summed E-state index contributed by atoms with van der Waals surface area (Å²) in [5.41, 5.74) is 0.933. The van der Waals surface area contributed by atoms with Crippen LogP contribution in [0.1, 0.15) is 43.4 Å². The van der Waals surface area contributed by atoms with Gasteiger partial charge < -0.3 is 33.2 Å². The maximum absolute atomic E-state index is 16.5. The molecule has 13 heteroatoms. The summed E-state index contributed by atoms with van der Waals surface area (Å²) < 4.78 is 34.1. The number of hydrogen-bond donors (Lipinski definition) is 1. The Morgan fingerprint density at radius 3 is 2.43 bits per heavy atom. The molecule has 0 aromatic heterocycles. The molecule has 1 unspecified atom stereocenters. The van der Waals surface area contributed by atoms with Gasteiger partial charge in [0.05, 0.1) is 44.9 Å². The molecule has 0 saturated carbocycles. The van der Waals surface area contributed by atoms with Crippen LogP contribution in [-0.2, 0) is 47.3 Å². The number of nitrogens with zero attached hydrogens (tertiary/aromatic N) is 3. The van der Waals surface area contributed by atoms with Crippen molar-refractivity contribution < 1.29 is 42.6 Å². The number of rotatable bonds is 12. The molecule has 2 fully saturated rings. The second-order valence-electron chi connectivity index (χ2n) is 14.0. The summed E-state index contributed by atoms with van der Waals surface area (Å²) in [6, 6.07) is 21.8. The predicted molar refractivity (Wildman–Crippen MR) is 190 cm³/mol. The third kappa shape index (κ3) is 6.77. The molecule has 51 heavy (non-hydrogen) atoms. The van der Waals surface area contributed by atoms with Gasteiger partial charge in [0.1, 0.15) is 5.75 Å². The van der Waals surface area contributed by atoms with Gasteiger partial charge in [-0.25, -0.2) is 0 Å². The Morgan fingerprint density at radius 1 is 1.06 bits per heavy atom. The first-order chi connectivity index (χ1) is 24.3. The van der Waals surface area contributed by atoms with E-state index in [0.717, 1.165) is 5.56 Å². The highest BCUT2D eigenvalue weighted by molar-refractivity contribution is 6.72. The molecule has 0 aliphatic carbocycles. The number of amides is 3. The minimum atomic E-state index is -3.57. The van der Waals surface area contributed by atoms with E-state index in [1.807, 2.05) is 43.3 Å². The first-order valence-electron chi connectivity index (χ1n) is 17.2. The van der Waals surface area contributed by atoms with E-state index < -0.39 is 43.8 Å². The number of ether oxygens (including phenoxy) is 3. The third-order valence-electron chi connectivity index (χ3n) is 10.2. The predicted octanol–water partition coefficient (Wildman–Crippen LogP) is 5.05. The number of β-lactam (4-membered cyclic amide) rings is 1. The summed E-state index contributed by atoms with van der Waals surface area (Å²) in [4.78, 5) is 57.5. The van der Waals surface area contributed by atoms with E-state index in [0.29, 0.717) is 28.3 Å². The van der Waals surface area contributed by atoms with Crippen LogP contribution >= 0.6 is 0 Å². The van der Waals surface area contributed by atoms with Crippen LogP contribution in [0.15, 0.2) is 72.8 Å². The van der Waals surface area contributed by atoms with Gasteiger partial charge in [-0.2, -0.15) is 0 Å². The smallest absolute Gasteiger partial charge is 0.304 e. The Hall–Kier alpha value is -4.59. The second kappa shape index (κ2) is 14.2. The van der Waals surface area contributed by atoms with E-state index in [1.54, 1.807) is 59.3 Å². The molecule has 3 aliphatic heterocycles. The number of aliphatic hydroxyl groups excluding tert-OH is 1. The highest BCUT2D eigenvalue weighted by Gasteiger charge is 2.67. The number of aliphatic hydroxyl groups is 1. The van der Waals surface area contributed by atoms with Gasteiger partial charge in [-0.15, -0.1) is 0 Å². The molecule has 6 rings (SSSR count). The molecule has 5 atom stereocenters. The highest BCUT2D eigenvalue weighted by Crippen LogP contribution is 2.60. The minimum Gasteiger partial charge on any atom is -0.497 e. The van der Waals surface area contributed by atoms with E-state index in [4.69, 9.17) is 14.2 Å². The fourth-order valence-corrected chi connectivity index (χ4v) is 10.5. The molecule has 3 aliphatic rings. The molecule has 3 heterocycles. The number of carbonyl (C=O) groups excluding carboxylic acids is 4. The van der Waals surface area contributed by atoms with Gasteiger partial charge in [0, 0.05) is 42.7 Å². The highest BCUT2D eigenvalue weighted by atomic mass is 28.4. The van der Waals surface area contributed by atoms with E-state index >= 15 is 4.11 Å². The van der Waals surface area contributed by atoms with Crippen molar-refractivity contribution in [2.24, 2.45) is 5.92 Å². The topological polar surface area (TPSA) is 126 Å². The van der Waals surface area contributed by atoms with E-state index in [1.165, 1.54) is 18.9 Å². The molecule has 1 N–H and O–H groups in total. The van der Waals surface area contributed by atoms with Crippen LogP contribution in [0.25, 0.3) is 0 Å². The molecule has 0 bridgehead atoms. The molecule has 11 nitrogen and oxygen atoms in total. The van der Waals surface area contributed by atoms with Crippen molar-refractivity contribution in [1.29, 1.82) is 0 Å². The van der Waals surface area contributed by atoms with Crippen molar-refractivity contribution in [2.45, 2.75) is 76.3 Å². The Kier molecular flexibility index (Phi) is 10.1. The number of carbonyl (C=O) groups is 4. The molecule has 3 aromatic rings. The molecule has 3 amide bonds. The average Bonchev–Trinajstić information content (AvgIpc) is 3.50. The fraction of sp³-hybridized carbons (Fsp3) is 0.421. The molecule has 1 spiro atoms. The van der Waals surface area contributed by atoms with Crippen LogP contribution < -0.4 is 14.5 Å². The number of benzene rings is 3. The van der Waals surface area contributed by atoms with Crippen LogP contribution in [0.3, 0.4) is 0 Å². The van der Waals surface area contributed by atoms with Crippen LogP contribution in [0.4, 0.5) is 15.5 Å². The zero-order valence-electron chi connectivity index (χ0n) is 29.5. The fourth-order valence-electron chi connectivity index (χ4n) is 8.00. The number of halogens is 1. The van der Waals surface area contributed by atoms with Gasteiger partial charge >= 0.3 is 5.97 Å². The molecular formula is C38H44FN3O8Si. The molecule has 2 saturated heterocycles. The normalized spacial score (nSPS) is 24.1. The van der Waals surface area contributed by atoms with Gasteiger partial charge in [-0.05, 0) is 54.6 Å². The standard InChI is InChI=1S/C38H44FN3O8Si/c1-24-36(51(4,5)39)32(20-33(45)40(16-17-43)22-26-10-7-6-8-11-26)50-38(24)30-19-29(48-3)14-15-31(30)41(37(38)47)23-27-12-9-13-28(18-27)42-34(46)21-35(42)49-25(2)44/h6-15,18-19,24,32,35-36,43H,16-17,20-23H2,1-5H3/t24-,32+,35?,36-,38+/m0/s1. The number of fused-ring (bicyclic) bond motifs is 2. The van der Waals surface area contributed by atoms with Gasteiger partial charge in [0.2, 0.25) is 20.2 Å². The summed E-state index contributed by atoms with van der Waals surface area (Å²) >= 11 is 0. The Labute approximate surface area is 298 Å². The zero-order chi connectivity index (χ0) is 36.7. The number of anilines is 2. The van der Waals surface area contributed by atoms with Gasteiger partial charge in [0.15, 0.2) is 11.8 Å². The molecule has 3 aromatic carbocycles. The lowest BCUT2D eigenvalue weighted by Crippen LogP contribution is -2.54. The van der Waals surface area contributed by atoms with Crippen molar-refractivity contribution >= 4 is 43.5 Å². The number of esters is 1. The van der Waals surface area contributed by atoms with E-state index in [2.05, 4.69) is 0 Å². The Balaban J connectivity index is 1.33. The monoisotopic (exact) mass is 717 g/mol. The van der Waals surface area contributed by atoms with Crippen LogP contribution in [-0.4, -0.2) is 74.7 Å². The van der Waals surface area contributed by atoms with Gasteiger partial charge in [-0.3, -0.25) is 24.1 Å². The van der Waals surface area contributed by atoms with Crippen molar-refractivity contribution in [3.05, 3.63) is 89.5 Å². The number of methoxy groups -OCH3 is 1. The van der Waals surface area contributed by atoms with Crippen molar-refractivity contribution in [2.75, 3.05) is 30.1 Å². The summed E-state index contributed by atoms with van der Waals surface area (Å²) in [6.07, 6.45) is -1.68. The van der Waals surface area contributed by atoms with Crippen LogP contribution in [0, 0.1) is 5.92 Å². The summed E-state index contributed by atoms with van der Waals surface area (Å²) in [5.74, 6) is -1.50. The van der Waals surface area contributed by atoms with E-state index in [9.17, 15) is 24.3 Å². The lowest BCUT2D eigenvalue weighted by Gasteiger charge is -2.39.